The highest BCUT2D eigenvalue weighted by Crippen LogP contribution is 2.08. The fourth-order valence-corrected chi connectivity index (χ4v) is 1.50. The summed E-state index contributed by atoms with van der Waals surface area (Å²) < 4.78 is 7.03. The normalized spacial score (nSPS) is 12.1. The zero-order valence-electron chi connectivity index (χ0n) is 9.87. The first-order valence-electron chi connectivity index (χ1n) is 5.37. The molecule has 2 heterocycles. The first-order valence-corrected chi connectivity index (χ1v) is 5.37. The zero-order chi connectivity index (χ0) is 12.1. The third kappa shape index (κ3) is 3.17. The van der Waals surface area contributed by atoms with E-state index in [1.54, 1.807) is 31.9 Å². The number of nitrogens with zero attached hydrogens (tertiary/aromatic N) is 4. The second kappa shape index (κ2) is 5.29. The molecule has 0 radical (unpaired) electrons. The number of imidazole rings is 1. The Morgan fingerprint density at radius 2 is 2.35 bits per heavy atom. The van der Waals surface area contributed by atoms with Crippen molar-refractivity contribution < 1.29 is 4.74 Å². The monoisotopic (exact) mass is 233 g/mol. The Morgan fingerprint density at radius 1 is 1.47 bits per heavy atom. The van der Waals surface area contributed by atoms with Gasteiger partial charge in [0.15, 0.2) is 0 Å². The summed E-state index contributed by atoms with van der Waals surface area (Å²) in [7, 11) is 1.58. The summed E-state index contributed by atoms with van der Waals surface area (Å²) >= 11 is 0. The molecule has 0 fully saturated rings. The molecule has 0 saturated carbocycles. The summed E-state index contributed by atoms with van der Waals surface area (Å²) in [4.78, 5) is 12.3. The van der Waals surface area contributed by atoms with Crippen molar-refractivity contribution in [2.45, 2.75) is 19.5 Å². The predicted octanol–water partition coefficient (Wildman–Crippen LogP) is 1.18. The predicted molar refractivity (Wildman–Crippen MR) is 63.9 cm³/mol. The maximum Gasteiger partial charge on any atom is 0.226 e. The minimum Gasteiger partial charge on any atom is -0.481 e. The third-order valence-corrected chi connectivity index (χ3v) is 2.26. The van der Waals surface area contributed by atoms with Crippen LogP contribution in [0.3, 0.4) is 0 Å². The van der Waals surface area contributed by atoms with Crippen LogP contribution in [0.4, 0.5) is 5.95 Å². The van der Waals surface area contributed by atoms with Crippen molar-refractivity contribution >= 4 is 5.95 Å². The number of nitrogens with one attached hydrogen (secondary N) is 1. The molecule has 90 valence electrons. The maximum atomic E-state index is 5.04. The Hall–Kier alpha value is -2.11. The lowest BCUT2D eigenvalue weighted by atomic mass is 10.3. The summed E-state index contributed by atoms with van der Waals surface area (Å²) in [5, 5.41) is 3.20. The van der Waals surface area contributed by atoms with Crippen molar-refractivity contribution in [3.05, 3.63) is 31.0 Å². The Kier molecular flexibility index (Phi) is 3.54. The number of hydrogen-bond donors (Lipinski definition) is 1. The van der Waals surface area contributed by atoms with Crippen molar-refractivity contribution in [1.29, 1.82) is 0 Å². The molecule has 0 aliphatic carbocycles. The van der Waals surface area contributed by atoms with E-state index in [-0.39, 0.29) is 6.04 Å². The van der Waals surface area contributed by atoms with Crippen molar-refractivity contribution in [2.24, 2.45) is 0 Å². The number of methoxy groups -OCH3 is 1. The van der Waals surface area contributed by atoms with Crippen LogP contribution in [0, 0.1) is 0 Å². The minimum atomic E-state index is 0.205. The second-order valence-electron chi connectivity index (χ2n) is 3.73. The Labute approximate surface area is 99.7 Å². The van der Waals surface area contributed by atoms with E-state index in [0.29, 0.717) is 11.8 Å². The highest BCUT2D eigenvalue weighted by molar-refractivity contribution is 5.28. The number of ether oxygens (including phenoxy) is 1. The number of rotatable bonds is 5. The van der Waals surface area contributed by atoms with Gasteiger partial charge in [-0.3, -0.25) is 0 Å². The standard InChI is InChI=1S/C11H15N5O/c1-9(7-16-6-5-12-8-16)14-11-13-4-3-10(15-11)17-2/h3-6,8-9H,7H2,1-2H3,(H,13,14,15). The lowest BCUT2D eigenvalue weighted by molar-refractivity contribution is 0.397. The van der Waals surface area contributed by atoms with E-state index in [1.165, 1.54) is 0 Å². The van der Waals surface area contributed by atoms with Crippen LogP contribution in [0.5, 0.6) is 5.88 Å². The maximum absolute atomic E-state index is 5.04. The molecule has 6 nitrogen and oxygen atoms in total. The molecule has 0 aliphatic rings. The number of anilines is 1. The van der Waals surface area contributed by atoms with Gasteiger partial charge in [-0.2, -0.15) is 4.98 Å². The minimum absolute atomic E-state index is 0.205. The van der Waals surface area contributed by atoms with Crippen LogP contribution < -0.4 is 10.1 Å². The van der Waals surface area contributed by atoms with Crippen LogP contribution in [0.25, 0.3) is 0 Å². The summed E-state index contributed by atoms with van der Waals surface area (Å²) in [5.74, 6) is 1.12. The molecule has 0 bridgehead atoms. The average molecular weight is 233 g/mol. The van der Waals surface area contributed by atoms with Crippen molar-refractivity contribution in [2.75, 3.05) is 12.4 Å². The lowest BCUT2D eigenvalue weighted by Gasteiger charge is -2.14. The fraction of sp³-hybridized carbons (Fsp3) is 0.364. The summed E-state index contributed by atoms with van der Waals surface area (Å²) in [5.41, 5.74) is 0. The van der Waals surface area contributed by atoms with Gasteiger partial charge in [0, 0.05) is 37.2 Å². The summed E-state index contributed by atoms with van der Waals surface area (Å²) in [6.07, 6.45) is 7.13. The molecular weight excluding hydrogens is 218 g/mol. The Balaban J connectivity index is 1.95. The van der Waals surface area contributed by atoms with Gasteiger partial charge >= 0.3 is 0 Å². The molecular formula is C11H15N5O. The van der Waals surface area contributed by atoms with Crippen molar-refractivity contribution in [1.82, 2.24) is 19.5 Å². The van der Waals surface area contributed by atoms with Crippen LogP contribution in [0.2, 0.25) is 0 Å². The van der Waals surface area contributed by atoms with Crippen molar-refractivity contribution in [3.63, 3.8) is 0 Å². The van der Waals surface area contributed by atoms with Gasteiger partial charge in [0.1, 0.15) is 0 Å². The van der Waals surface area contributed by atoms with Gasteiger partial charge in [-0.05, 0) is 6.92 Å². The first-order chi connectivity index (χ1) is 8.28. The molecule has 2 aromatic heterocycles. The van der Waals surface area contributed by atoms with Crippen LogP contribution in [-0.2, 0) is 6.54 Å². The van der Waals surface area contributed by atoms with E-state index < -0.39 is 0 Å². The molecule has 0 amide bonds. The Morgan fingerprint density at radius 3 is 3.06 bits per heavy atom. The molecule has 0 aromatic carbocycles. The van der Waals surface area contributed by atoms with Gasteiger partial charge in [-0.15, -0.1) is 0 Å². The fourth-order valence-electron chi connectivity index (χ4n) is 1.50. The summed E-state index contributed by atoms with van der Waals surface area (Å²) in [6, 6.07) is 1.92. The number of hydrogen-bond acceptors (Lipinski definition) is 5. The molecule has 2 aromatic rings. The van der Waals surface area contributed by atoms with Crippen LogP contribution in [0.15, 0.2) is 31.0 Å². The van der Waals surface area contributed by atoms with E-state index in [2.05, 4.69) is 27.2 Å². The molecule has 1 atom stereocenters. The average Bonchev–Trinajstić information content (AvgIpc) is 2.82. The number of aromatic nitrogens is 4. The quantitative estimate of drug-likeness (QED) is 0.840. The molecule has 1 N–H and O–H groups in total. The highest BCUT2D eigenvalue weighted by atomic mass is 16.5. The summed E-state index contributed by atoms with van der Waals surface area (Å²) in [6.45, 7) is 2.86. The van der Waals surface area contributed by atoms with E-state index in [0.717, 1.165) is 6.54 Å². The van der Waals surface area contributed by atoms with Crippen LogP contribution in [0.1, 0.15) is 6.92 Å². The molecule has 2 rings (SSSR count). The third-order valence-electron chi connectivity index (χ3n) is 2.26. The largest absolute Gasteiger partial charge is 0.481 e. The van der Waals surface area contributed by atoms with E-state index in [9.17, 15) is 0 Å². The first kappa shape index (κ1) is 11.4. The van der Waals surface area contributed by atoms with Gasteiger partial charge in [0.25, 0.3) is 0 Å². The van der Waals surface area contributed by atoms with Gasteiger partial charge in [-0.1, -0.05) is 0 Å². The Bertz CT molecular complexity index is 457. The van der Waals surface area contributed by atoms with Crippen molar-refractivity contribution in [3.8, 4) is 5.88 Å². The van der Waals surface area contributed by atoms with Gasteiger partial charge in [-0.25, -0.2) is 9.97 Å². The van der Waals surface area contributed by atoms with E-state index in [4.69, 9.17) is 4.74 Å². The van der Waals surface area contributed by atoms with E-state index >= 15 is 0 Å². The lowest BCUT2D eigenvalue weighted by Crippen LogP contribution is -2.22. The SMILES string of the molecule is COc1ccnc(NC(C)Cn2ccnc2)n1. The van der Waals surface area contributed by atoms with Gasteiger partial charge in [0.2, 0.25) is 11.8 Å². The molecule has 0 aliphatic heterocycles. The molecule has 0 spiro atoms. The molecule has 6 heteroatoms. The van der Waals surface area contributed by atoms with Crippen LogP contribution >= 0.6 is 0 Å². The molecule has 0 saturated heterocycles. The van der Waals surface area contributed by atoms with Crippen LogP contribution in [-0.4, -0.2) is 32.7 Å². The molecule has 17 heavy (non-hydrogen) atoms. The topological polar surface area (TPSA) is 64.9 Å². The highest BCUT2D eigenvalue weighted by Gasteiger charge is 2.05. The van der Waals surface area contributed by atoms with Gasteiger partial charge < -0.3 is 14.6 Å². The smallest absolute Gasteiger partial charge is 0.226 e. The van der Waals surface area contributed by atoms with Gasteiger partial charge in [0.05, 0.1) is 13.4 Å². The zero-order valence-corrected chi connectivity index (χ0v) is 9.87. The molecule has 1 unspecified atom stereocenters. The van der Waals surface area contributed by atoms with E-state index in [1.807, 2.05) is 10.8 Å². The second-order valence-corrected chi connectivity index (χ2v) is 3.73.